The van der Waals surface area contributed by atoms with Gasteiger partial charge in [0.25, 0.3) is 0 Å². The van der Waals surface area contributed by atoms with Crippen molar-refractivity contribution in [1.82, 2.24) is 4.90 Å². The van der Waals surface area contributed by atoms with Gasteiger partial charge in [-0.1, -0.05) is 20.8 Å². The third-order valence-electron chi connectivity index (χ3n) is 3.58. The highest BCUT2D eigenvalue weighted by atomic mass is 32.2. The second-order valence-corrected chi connectivity index (χ2v) is 9.82. The summed E-state index contributed by atoms with van der Waals surface area (Å²) >= 11 is 3.47. The first kappa shape index (κ1) is 16.0. The van der Waals surface area contributed by atoms with Crippen molar-refractivity contribution < 1.29 is 14.3 Å². The summed E-state index contributed by atoms with van der Waals surface area (Å²) in [6.45, 7) is 8.89. The van der Waals surface area contributed by atoms with Gasteiger partial charge in [0, 0.05) is 22.7 Å². The Hall–Kier alpha value is -0.360. The topological polar surface area (TPSA) is 46.6 Å². The monoisotopic (exact) mass is 317 g/mol. The van der Waals surface area contributed by atoms with Gasteiger partial charge in [0.1, 0.15) is 12.6 Å². The molecule has 2 saturated heterocycles. The zero-order chi connectivity index (χ0) is 15.0. The second-order valence-electron chi connectivity index (χ2n) is 6.39. The molecule has 0 unspecified atom stereocenters. The van der Waals surface area contributed by atoms with Gasteiger partial charge in [-0.3, -0.25) is 4.79 Å². The maximum atomic E-state index is 12.2. The van der Waals surface area contributed by atoms with Crippen molar-refractivity contribution in [2.45, 2.75) is 56.2 Å². The van der Waals surface area contributed by atoms with Gasteiger partial charge in [0.15, 0.2) is 0 Å². The van der Waals surface area contributed by atoms with Crippen LogP contribution in [0.5, 0.6) is 0 Å². The maximum absolute atomic E-state index is 12.2. The van der Waals surface area contributed by atoms with Crippen molar-refractivity contribution in [3.63, 3.8) is 0 Å². The van der Waals surface area contributed by atoms with Crippen LogP contribution in [0.3, 0.4) is 0 Å². The number of esters is 1. The van der Waals surface area contributed by atoms with Gasteiger partial charge < -0.3 is 9.64 Å². The first-order chi connectivity index (χ1) is 9.23. The van der Waals surface area contributed by atoms with Crippen LogP contribution in [0, 0.1) is 0 Å². The quantitative estimate of drug-likeness (QED) is 0.589. The van der Waals surface area contributed by atoms with Gasteiger partial charge in [0.05, 0.1) is 4.87 Å². The highest BCUT2D eigenvalue weighted by Gasteiger charge is 2.53. The Morgan fingerprint density at radius 1 is 1.55 bits per heavy atom. The molecule has 0 N–H and O–H groups in total. The van der Waals surface area contributed by atoms with E-state index in [0.717, 1.165) is 12.2 Å². The van der Waals surface area contributed by atoms with E-state index >= 15 is 0 Å². The zero-order valence-electron chi connectivity index (χ0n) is 12.6. The Bertz CT molecular complexity index is 408. The van der Waals surface area contributed by atoms with Crippen molar-refractivity contribution >= 4 is 35.4 Å². The van der Waals surface area contributed by atoms with Crippen LogP contribution in [-0.4, -0.2) is 50.5 Å². The summed E-state index contributed by atoms with van der Waals surface area (Å²) in [7, 11) is 0. The Morgan fingerprint density at radius 3 is 2.90 bits per heavy atom. The summed E-state index contributed by atoms with van der Waals surface area (Å²) in [5, 5.41) is 0. The molecule has 0 spiro atoms. The molecular weight excluding hydrogens is 294 g/mol. The van der Waals surface area contributed by atoms with Crippen LogP contribution in [-0.2, 0) is 14.3 Å². The number of fused-ring (bicyclic) bond motifs is 1. The number of carbonyl (C=O) groups excluding carboxylic acids is 2. The minimum atomic E-state index is -0.389. The van der Waals surface area contributed by atoms with Gasteiger partial charge in [-0.2, -0.15) is 11.8 Å². The van der Waals surface area contributed by atoms with E-state index in [4.69, 9.17) is 4.74 Å². The predicted octanol–water partition coefficient (Wildman–Crippen LogP) is 2.52. The molecule has 2 atom stereocenters. The Balaban J connectivity index is 1.83. The molecule has 0 aromatic heterocycles. The molecule has 0 saturated carbocycles. The Kier molecular flexibility index (Phi) is 4.64. The summed E-state index contributed by atoms with van der Waals surface area (Å²) in [5.41, 5.74) is 0. The third kappa shape index (κ3) is 3.45. The van der Waals surface area contributed by atoms with E-state index in [2.05, 4.69) is 20.8 Å². The molecule has 2 fully saturated rings. The molecule has 0 radical (unpaired) electrons. The van der Waals surface area contributed by atoms with E-state index in [1.807, 2.05) is 6.92 Å². The van der Waals surface area contributed by atoms with Gasteiger partial charge in [0.2, 0.25) is 5.91 Å². The number of ether oxygens (including phenoxy) is 1. The summed E-state index contributed by atoms with van der Waals surface area (Å²) < 4.78 is 5.54. The van der Waals surface area contributed by atoms with Crippen LogP contribution >= 0.6 is 23.5 Å². The number of rotatable bonds is 4. The van der Waals surface area contributed by atoms with E-state index in [9.17, 15) is 9.59 Å². The van der Waals surface area contributed by atoms with Gasteiger partial charge in [-0.15, -0.1) is 11.8 Å². The molecule has 0 bridgehead atoms. The SMILES string of the molecule is CC(C)(C)SCCOC(=O)[C@@H]1CS[C@]2(C)CCC(=O)N12. The molecular formula is C14H23NO3S2. The average Bonchev–Trinajstić information content (AvgIpc) is 2.81. The lowest BCUT2D eigenvalue weighted by atomic mass is 10.2. The van der Waals surface area contributed by atoms with Crippen LogP contribution in [0.15, 0.2) is 0 Å². The van der Waals surface area contributed by atoms with Crippen molar-refractivity contribution in [2.75, 3.05) is 18.1 Å². The standard InChI is InChI=1S/C14H23NO3S2/c1-13(2,3)19-8-7-18-12(17)10-9-20-14(4)6-5-11(16)15(10)14/h10H,5-9H2,1-4H3/t10-,14+/m0/s1. The summed E-state index contributed by atoms with van der Waals surface area (Å²) in [6.07, 6.45) is 1.38. The zero-order valence-corrected chi connectivity index (χ0v) is 14.2. The minimum Gasteiger partial charge on any atom is -0.463 e. The molecule has 0 aliphatic carbocycles. The summed E-state index contributed by atoms with van der Waals surface area (Å²) in [5.74, 6) is 1.29. The maximum Gasteiger partial charge on any atom is 0.329 e. The van der Waals surface area contributed by atoms with Crippen LogP contribution < -0.4 is 0 Å². The minimum absolute atomic E-state index is 0.0866. The fraction of sp³-hybridized carbons (Fsp3) is 0.857. The molecule has 6 heteroatoms. The molecule has 2 rings (SSSR count). The van der Waals surface area contributed by atoms with E-state index in [1.54, 1.807) is 28.4 Å². The number of carbonyl (C=O) groups is 2. The van der Waals surface area contributed by atoms with E-state index < -0.39 is 0 Å². The smallest absolute Gasteiger partial charge is 0.329 e. The van der Waals surface area contributed by atoms with E-state index in [-0.39, 0.29) is 27.5 Å². The number of hydrogen-bond acceptors (Lipinski definition) is 5. The summed E-state index contributed by atoms with van der Waals surface area (Å²) in [6, 6.07) is -0.389. The second kappa shape index (κ2) is 5.79. The molecule has 0 aromatic carbocycles. The molecule has 2 aliphatic heterocycles. The Labute approximate surface area is 129 Å². The molecule has 1 amide bonds. The van der Waals surface area contributed by atoms with E-state index in [1.165, 1.54) is 0 Å². The molecule has 0 aromatic rings. The largest absolute Gasteiger partial charge is 0.463 e. The molecule has 20 heavy (non-hydrogen) atoms. The predicted molar refractivity (Wildman–Crippen MR) is 83.9 cm³/mol. The molecule has 2 heterocycles. The molecule has 2 aliphatic rings. The molecule has 114 valence electrons. The molecule has 4 nitrogen and oxygen atoms in total. The van der Waals surface area contributed by atoms with Crippen LogP contribution in [0.4, 0.5) is 0 Å². The van der Waals surface area contributed by atoms with E-state index in [0.29, 0.717) is 18.8 Å². The number of hydrogen-bond donors (Lipinski definition) is 0. The van der Waals surface area contributed by atoms with Crippen molar-refractivity contribution in [2.24, 2.45) is 0 Å². The van der Waals surface area contributed by atoms with Crippen molar-refractivity contribution in [3.05, 3.63) is 0 Å². The fourth-order valence-electron chi connectivity index (χ4n) is 2.58. The number of thioether (sulfide) groups is 2. The average molecular weight is 317 g/mol. The fourth-order valence-corrected chi connectivity index (χ4v) is 4.78. The lowest BCUT2D eigenvalue weighted by Crippen LogP contribution is -2.46. The Morgan fingerprint density at radius 2 is 2.25 bits per heavy atom. The lowest BCUT2D eigenvalue weighted by Gasteiger charge is -2.29. The van der Waals surface area contributed by atoms with Gasteiger partial charge in [-0.25, -0.2) is 4.79 Å². The summed E-state index contributed by atoms with van der Waals surface area (Å²) in [4.78, 5) is 25.7. The number of nitrogens with zero attached hydrogens (tertiary/aromatic N) is 1. The first-order valence-corrected chi connectivity index (χ1v) is 8.97. The highest BCUT2D eigenvalue weighted by Crippen LogP contribution is 2.47. The van der Waals surface area contributed by atoms with Crippen LogP contribution in [0.2, 0.25) is 0 Å². The van der Waals surface area contributed by atoms with Gasteiger partial charge >= 0.3 is 5.97 Å². The normalized spacial score (nSPS) is 29.7. The third-order valence-corrected chi connectivity index (χ3v) is 6.32. The first-order valence-electron chi connectivity index (χ1n) is 7.00. The van der Waals surface area contributed by atoms with Crippen LogP contribution in [0.25, 0.3) is 0 Å². The lowest BCUT2D eigenvalue weighted by molar-refractivity contribution is -0.153. The number of amides is 1. The van der Waals surface area contributed by atoms with Crippen molar-refractivity contribution in [1.29, 1.82) is 0 Å². The van der Waals surface area contributed by atoms with Crippen LogP contribution in [0.1, 0.15) is 40.5 Å². The van der Waals surface area contributed by atoms with Gasteiger partial charge in [-0.05, 0) is 13.3 Å². The van der Waals surface area contributed by atoms with Crippen molar-refractivity contribution in [3.8, 4) is 0 Å². The highest BCUT2D eigenvalue weighted by molar-refractivity contribution is 8.01.